The van der Waals surface area contributed by atoms with Crippen molar-refractivity contribution in [2.75, 3.05) is 25.6 Å². The molecular weight excluding hydrogens is 480 g/mol. The van der Waals surface area contributed by atoms with Crippen LogP contribution in [0.25, 0.3) is 0 Å². The molecule has 3 N–H and O–H groups in total. The summed E-state index contributed by atoms with van der Waals surface area (Å²) in [7, 11) is 1.40. The zero-order valence-electron chi connectivity index (χ0n) is 16.4. The van der Waals surface area contributed by atoms with Crippen LogP contribution in [0.5, 0.6) is 5.75 Å². The first-order valence-corrected chi connectivity index (χ1v) is 10.2. The number of benzene rings is 1. The first kappa shape index (κ1) is 23.4. The number of carbonyl (C=O) groups is 4. The smallest absolute Gasteiger partial charge is 0.342 e. The third kappa shape index (κ3) is 5.36. The molecule has 2 amide bonds. The van der Waals surface area contributed by atoms with Crippen molar-refractivity contribution < 1.29 is 33.4 Å². The lowest BCUT2D eigenvalue weighted by Crippen LogP contribution is -2.22. The van der Waals surface area contributed by atoms with Crippen LogP contribution in [-0.2, 0) is 14.3 Å². The molecule has 30 heavy (non-hydrogen) atoms. The Morgan fingerprint density at radius 2 is 1.87 bits per heavy atom. The predicted molar refractivity (Wildman–Crippen MR) is 113 cm³/mol. The molecule has 1 aromatic carbocycles. The Bertz CT molecular complexity index is 1000. The minimum absolute atomic E-state index is 0.0323. The highest BCUT2D eigenvalue weighted by Crippen LogP contribution is 2.33. The van der Waals surface area contributed by atoms with Crippen molar-refractivity contribution in [1.29, 1.82) is 0 Å². The molecule has 2 rings (SSSR count). The number of hydrogen-bond acceptors (Lipinski definition) is 8. The maximum atomic E-state index is 12.3. The Morgan fingerprint density at radius 3 is 2.47 bits per heavy atom. The van der Waals surface area contributed by atoms with Crippen LogP contribution in [0.1, 0.15) is 42.9 Å². The first-order valence-electron chi connectivity index (χ1n) is 8.60. The minimum atomic E-state index is -0.764. The van der Waals surface area contributed by atoms with E-state index in [0.29, 0.717) is 10.0 Å². The second-order valence-corrected chi connectivity index (χ2v) is 7.75. The molecule has 0 aliphatic carbocycles. The summed E-state index contributed by atoms with van der Waals surface area (Å²) in [5.74, 6) is -2.63. The van der Waals surface area contributed by atoms with E-state index in [1.807, 2.05) is 0 Å². The fourth-order valence-corrected chi connectivity index (χ4v) is 3.89. The maximum Gasteiger partial charge on any atom is 0.342 e. The average Bonchev–Trinajstić information content (AvgIpc) is 3.02. The van der Waals surface area contributed by atoms with Crippen LogP contribution < -0.4 is 15.8 Å². The number of esters is 2. The summed E-state index contributed by atoms with van der Waals surface area (Å²) in [6.07, 6.45) is 0. The highest BCUT2D eigenvalue weighted by atomic mass is 79.9. The van der Waals surface area contributed by atoms with Crippen LogP contribution in [0.3, 0.4) is 0 Å². The summed E-state index contributed by atoms with van der Waals surface area (Å²) < 4.78 is 15.8. The van der Waals surface area contributed by atoms with Crippen LogP contribution in [0.4, 0.5) is 5.00 Å². The fourth-order valence-electron chi connectivity index (χ4n) is 2.49. The molecule has 0 aliphatic heterocycles. The van der Waals surface area contributed by atoms with E-state index in [1.165, 1.54) is 20.1 Å². The molecule has 0 saturated carbocycles. The van der Waals surface area contributed by atoms with Crippen molar-refractivity contribution >= 4 is 56.0 Å². The predicted octanol–water partition coefficient (Wildman–Crippen LogP) is 2.90. The molecule has 160 valence electrons. The monoisotopic (exact) mass is 498 g/mol. The molecule has 0 bridgehead atoms. The van der Waals surface area contributed by atoms with E-state index in [1.54, 1.807) is 19.1 Å². The number of nitrogens with two attached hydrogens (primary N) is 1. The van der Waals surface area contributed by atoms with E-state index in [0.717, 1.165) is 11.3 Å². The van der Waals surface area contributed by atoms with Gasteiger partial charge in [-0.3, -0.25) is 9.59 Å². The quantitative estimate of drug-likeness (QED) is 0.534. The molecule has 0 unspecified atom stereocenters. The number of hydrogen-bond donors (Lipinski definition) is 2. The molecule has 0 atom stereocenters. The van der Waals surface area contributed by atoms with Crippen LogP contribution >= 0.6 is 27.3 Å². The summed E-state index contributed by atoms with van der Waals surface area (Å²) in [5, 5.41) is 2.55. The van der Waals surface area contributed by atoms with Gasteiger partial charge in [0.25, 0.3) is 11.8 Å². The number of methoxy groups -OCH3 is 1. The van der Waals surface area contributed by atoms with Gasteiger partial charge in [-0.2, -0.15) is 0 Å². The van der Waals surface area contributed by atoms with Crippen LogP contribution in [0.2, 0.25) is 0 Å². The molecule has 1 aromatic heterocycles. The molecule has 0 saturated heterocycles. The summed E-state index contributed by atoms with van der Waals surface area (Å²) in [6, 6.07) is 4.70. The Balaban J connectivity index is 2.15. The van der Waals surface area contributed by atoms with E-state index in [4.69, 9.17) is 19.9 Å². The summed E-state index contributed by atoms with van der Waals surface area (Å²) >= 11 is 4.11. The van der Waals surface area contributed by atoms with Crippen molar-refractivity contribution in [2.45, 2.75) is 13.8 Å². The highest BCUT2D eigenvalue weighted by molar-refractivity contribution is 9.10. The third-order valence-corrected chi connectivity index (χ3v) is 5.54. The Morgan fingerprint density at radius 1 is 1.17 bits per heavy atom. The Labute approximate surface area is 184 Å². The fraction of sp³-hybridized carbons (Fsp3) is 0.263. The number of primary amides is 1. The van der Waals surface area contributed by atoms with Gasteiger partial charge in [-0.25, -0.2) is 9.59 Å². The Kier molecular flexibility index (Phi) is 7.95. The molecular formula is C19H19BrN2O7S. The van der Waals surface area contributed by atoms with E-state index >= 15 is 0 Å². The molecule has 9 nitrogen and oxygen atoms in total. The second-order valence-electron chi connectivity index (χ2n) is 5.81. The minimum Gasteiger partial charge on any atom is -0.496 e. The van der Waals surface area contributed by atoms with Gasteiger partial charge in [0, 0.05) is 4.47 Å². The Hall–Kier alpha value is -2.92. The molecule has 1 heterocycles. The number of amides is 2. The summed E-state index contributed by atoms with van der Waals surface area (Å²) in [4.78, 5) is 48.5. The van der Waals surface area contributed by atoms with E-state index in [-0.39, 0.29) is 33.4 Å². The normalized spacial score (nSPS) is 10.3. The number of anilines is 1. The van der Waals surface area contributed by atoms with Crippen molar-refractivity contribution in [1.82, 2.24) is 0 Å². The van der Waals surface area contributed by atoms with Gasteiger partial charge in [0.15, 0.2) is 6.61 Å². The average molecular weight is 499 g/mol. The highest BCUT2D eigenvalue weighted by Gasteiger charge is 2.26. The van der Waals surface area contributed by atoms with Crippen LogP contribution in [0, 0.1) is 6.92 Å². The molecule has 0 spiro atoms. The van der Waals surface area contributed by atoms with Gasteiger partial charge in [-0.1, -0.05) is 15.9 Å². The topological polar surface area (TPSA) is 134 Å². The molecule has 11 heteroatoms. The summed E-state index contributed by atoms with van der Waals surface area (Å²) in [6.45, 7) is 2.64. The SMILES string of the molecule is CCOC(=O)c1c(NC(=O)COC(=O)c2ccc(Br)cc2OC)sc(C(N)=O)c1C. The standard InChI is InChI=1S/C19H19BrN2O7S/c1-4-28-19(26)14-9(2)15(16(21)24)30-17(14)22-13(23)8-29-18(25)11-6-5-10(20)7-12(11)27-3/h5-7H,4,8H2,1-3H3,(H2,21,24)(H,22,23). The van der Waals surface area contributed by atoms with E-state index < -0.39 is 30.4 Å². The number of ether oxygens (including phenoxy) is 3. The number of thiophene rings is 1. The third-order valence-electron chi connectivity index (χ3n) is 3.82. The lowest BCUT2D eigenvalue weighted by Gasteiger charge is -2.10. The van der Waals surface area contributed by atoms with Crippen LogP contribution in [0.15, 0.2) is 22.7 Å². The lowest BCUT2D eigenvalue weighted by molar-refractivity contribution is -0.119. The molecule has 0 aliphatic rings. The first-order chi connectivity index (χ1) is 14.2. The number of halogens is 1. The van der Waals surface area contributed by atoms with Gasteiger partial charge in [-0.05, 0) is 37.6 Å². The van der Waals surface area contributed by atoms with Gasteiger partial charge in [0.1, 0.15) is 16.3 Å². The van der Waals surface area contributed by atoms with Crippen molar-refractivity contribution in [3.8, 4) is 5.75 Å². The summed E-state index contributed by atoms with van der Waals surface area (Å²) in [5.41, 5.74) is 5.80. The van der Waals surface area contributed by atoms with Gasteiger partial charge in [-0.15, -0.1) is 11.3 Å². The van der Waals surface area contributed by atoms with Crippen molar-refractivity contribution in [3.05, 3.63) is 44.2 Å². The number of carbonyl (C=O) groups excluding carboxylic acids is 4. The van der Waals surface area contributed by atoms with Crippen LogP contribution in [-0.4, -0.2) is 44.1 Å². The van der Waals surface area contributed by atoms with Gasteiger partial charge >= 0.3 is 11.9 Å². The van der Waals surface area contributed by atoms with Crippen molar-refractivity contribution in [2.24, 2.45) is 5.73 Å². The maximum absolute atomic E-state index is 12.3. The van der Waals surface area contributed by atoms with Gasteiger partial charge in [0.2, 0.25) is 0 Å². The largest absolute Gasteiger partial charge is 0.496 e. The lowest BCUT2D eigenvalue weighted by atomic mass is 10.1. The number of nitrogens with one attached hydrogen (secondary N) is 1. The van der Waals surface area contributed by atoms with Crippen molar-refractivity contribution in [3.63, 3.8) is 0 Å². The number of rotatable bonds is 8. The van der Waals surface area contributed by atoms with E-state index in [2.05, 4.69) is 21.2 Å². The van der Waals surface area contributed by atoms with Gasteiger partial charge < -0.3 is 25.3 Å². The zero-order chi connectivity index (χ0) is 22.4. The zero-order valence-corrected chi connectivity index (χ0v) is 18.8. The molecule has 2 aromatic rings. The molecule has 0 fully saturated rings. The van der Waals surface area contributed by atoms with Gasteiger partial charge in [0.05, 0.1) is 24.2 Å². The second kappa shape index (κ2) is 10.2. The molecule has 0 radical (unpaired) electrons. The van der Waals surface area contributed by atoms with E-state index in [9.17, 15) is 19.2 Å².